The molecule has 0 aromatic heterocycles. The molecule has 0 atom stereocenters. The Morgan fingerprint density at radius 3 is 2.57 bits per heavy atom. The molecule has 0 unspecified atom stereocenters. The van der Waals surface area contributed by atoms with Crippen LogP contribution in [0.25, 0.3) is 0 Å². The second-order valence-corrected chi connectivity index (χ2v) is 9.44. The Kier molecular flexibility index (Phi) is 10.2. The van der Waals surface area contributed by atoms with Crippen LogP contribution in [-0.2, 0) is 0 Å². The van der Waals surface area contributed by atoms with Gasteiger partial charge in [-0.2, -0.15) is 0 Å². The Morgan fingerprint density at radius 1 is 1.09 bits per heavy atom. The number of unbranched alkanes of at least 4 members (excludes halogenated alkanes) is 2. The van der Waals surface area contributed by atoms with Crippen molar-refractivity contribution in [2.24, 2.45) is 5.92 Å². The second-order valence-electron chi connectivity index (χ2n) is 9.03. The molecule has 1 aliphatic heterocycles. The number of nitrogens with one attached hydrogen (secondary N) is 1. The lowest BCUT2D eigenvalue weighted by molar-refractivity contribution is 0.0932. The van der Waals surface area contributed by atoms with Gasteiger partial charge in [-0.15, -0.1) is 0 Å². The number of rotatable bonds is 12. The minimum Gasteiger partial charge on any atom is -0.497 e. The number of anilines is 1. The van der Waals surface area contributed by atoms with Gasteiger partial charge < -0.3 is 25.4 Å². The first kappa shape index (κ1) is 26.8. The van der Waals surface area contributed by atoms with E-state index in [1.807, 2.05) is 18.2 Å². The molecule has 1 saturated heterocycles. The van der Waals surface area contributed by atoms with Gasteiger partial charge in [-0.3, -0.25) is 9.59 Å². The molecule has 3 rings (SSSR count). The number of likely N-dealkylation sites (tertiary alicyclic amines) is 1. The van der Waals surface area contributed by atoms with Crippen LogP contribution in [0.2, 0.25) is 5.02 Å². The standard InChI is InChI=1S/C27H36ClN3O4/c1-34-21-8-6-7-20(15-21)25(32)9-4-3-5-12-31-13-10-19(11-14-31)18-30-27(33)22-16-23(28)24(29)17-26(22)35-2/h6-8,15-17,19H,3-5,9-14,18,29H2,1-2H3,(H,30,33). The van der Waals surface area contributed by atoms with Gasteiger partial charge in [0, 0.05) is 24.6 Å². The minimum absolute atomic E-state index is 0.172. The fraction of sp³-hybridized carbons (Fsp3) is 0.481. The number of carbonyl (C=O) groups excluding carboxylic acids is 2. The van der Waals surface area contributed by atoms with Gasteiger partial charge in [-0.25, -0.2) is 0 Å². The molecule has 35 heavy (non-hydrogen) atoms. The van der Waals surface area contributed by atoms with Crippen LogP contribution in [0.1, 0.15) is 59.2 Å². The maximum absolute atomic E-state index is 12.6. The molecule has 0 aliphatic carbocycles. The number of ketones is 1. The summed E-state index contributed by atoms with van der Waals surface area (Å²) >= 11 is 6.08. The number of benzene rings is 2. The topological polar surface area (TPSA) is 93.9 Å². The lowest BCUT2D eigenvalue weighted by Crippen LogP contribution is -2.39. The summed E-state index contributed by atoms with van der Waals surface area (Å²) in [5, 5.41) is 3.36. The van der Waals surface area contributed by atoms with Crippen LogP contribution in [-0.4, -0.2) is 57.0 Å². The molecule has 0 radical (unpaired) electrons. The third-order valence-corrected chi connectivity index (χ3v) is 6.92. The first-order valence-electron chi connectivity index (χ1n) is 12.2. The predicted octanol–water partition coefficient (Wildman–Crippen LogP) is 4.82. The second kappa shape index (κ2) is 13.4. The van der Waals surface area contributed by atoms with Gasteiger partial charge in [0.15, 0.2) is 5.78 Å². The van der Waals surface area contributed by atoms with Crippen LogP contribution in [0.15, 0.2) is 36.4 Å². The number of piperidine rings is 1. The Balaban J connectivity index is 1.31. The third kappa shape index (κ3) is 7.87. The summed E-state index contributed by atoms with van der Waals surface area (Å²) in [6, 6.07) is 10.5. The summed E-state index contributed by atoms with van der Waals surface area (Å²) in [5.41, 5.74) is 7.30. The SMILES string of the molecule is COc1cccc(C(=O)CCCCCN2CCC(CNC(=O)c3cc(Cl)c(N)cc3OC)CC2)c1. The molecular weight excluding hydrogens is 466 g/mol. The smallest absolute Gasteiger partial charge is 0.255 e. The number of nitrogen functional groups attached to an aromatic ring is 1. The van der Waals surface area contributed by atoms with Gasteiger partial charge in [0.25, 0.3) is 5.91 Å². The van der Waals surface area contributed by atoms with Crippen LogP contribution in [0.5, 0.6) is 11.5 Å². The average Bonchev–Trinajstić information content (AvgIpc) is 2.88. The van der Waals surface area contributed by atoms with E-state index in [2.05, 4.69) is 10.2 Å². The quantitative estimate of drug-likeness (QED) is 0.246. The number of carbonyl (C=O) groups is 2. The summed E-state index contributed by atoms with van der Waals surface area (Å²) in [6.45, 7) is 3.73. The minimum atomic E-state index is -0.199. The Bertz CT molecular complexity index is 1010. The summed E-state index contributed by atoms with van der Waals surface area (Å²) < 4.78 is 10.5. The number of nitrogens with zero attached hydrogens (tertiary/aromatic N) is 1. The molecule has 7 nitrogen and oxygen atoms in total. The van der Waals surface area contributed by atoms with E-state index in [4.69, 9.17) is 26.8 Å². The molecular formula is C27H36ClN3O4. The molecule has 1 fully saturated rings. The number of halogens is 1. The molecule has 8 heteroatoms. The number of hydrogen-bond donors (Lipinski definition) is 2. The highest BCUT2D eigenvalue weighted by atomic mass is 35.5. The molecule has 2 aromatic rings. The molecule has 1 heterocycles. The number of hydrogen-bond acceptors (Lipinski definition) is 6. The van der Waals surface area contributed by atoms with E-state index in [1.54, 1.807) is 25.3 Å². The van der Waals surface area contributed by atoms with Crippen LogP contribution >= 0.6 is 11.6 Å². The molecule has 190 valence electrons. The van der Waals surface area contributed by atoms with E-state index in [1.165, 1.54) is 7.11 Å². The first-order chi connectivity index (χ1) is 16.9. The van der Waals surface area contributed by atoms with Gasteiger partial charge in [0.1, 0.15) is 11.5 Å². The Morgan fingerprint density at radius 2 is 1.86 bits per heavy atom. The van der Waals surface area contributed by atoms with E-state index < -0.39 is 0 Å². The summed E-state index contributed by atoms with van der Waals surface area (Å²) in [7, 11) is 3.12. The van der Waals surface area contributed by atoms with Crippen molar-refractivity contribution < 1.29 is 19.1 Å². The monoisotopic (exact) mass is 501 g/mol. The highest BCUT2D eigenvalue weighted by molar-refractivity contribution is 6.33. The van der Waals surface area contributed by atoms with Crippen molar-refractivity contribution in [1.82, 2.24) is 10.2 Å². The molecule has 1 amide bonds. The maximum Gasteiger partial charge on any atom is 0.255 e. The van der Waals surface area contributed by atoms with E-state index >= 15 is 0 Å². The van der Waals surface area contributed by atoms with E-state index in [0.29, 0.717) is 46.7 Å². The summed E-state index contributed by atoms with van der Waals surface area (Å²) in [5.74, 6) is 1.56. The molecule has 2 aromatic carbocycles. The van der Waals surface area contributed by atoms with Gasteiger partial charge in [0.2, 0.25) is 0 Å². The van der Waals surface area contributed by atoms with Crippen molar-refractivity contribution in [3.05, 3.63) is 52.5 Å². The Hall–Kier alpha value is -2.77. The van der Waals surface area contributed by atoms with Crippen molar-refractivity contribution in [2.45, 2.75) is 38.5 Å². The lowest BCUT2D eigenvalue weighted by atomic mass is 9.96. The zero-order valence-electron chi connectivity index (χ0n) is 20.6. The van der Waals surface area contributed by atoms with Crippen molar-refractivity contribution in [3.8, 4) is 11.5 Å². The number of nitrogens with two attached hydrogens (primary N) is 1. The van der Waals surface area contributed by atoms with Crippen LogP contribution in [0.3, 0.4) is 0 Å². The van der Waals surface area contributed by atoms with E-state index in [-0.39, 0.29) is 11.7 Å². The molecule has 0 spiro atoms. The van der Waals surface area contributed by atoms with Crippen LogP contribution < -0.4 is 20.5 Å². The fourth-order valence-electron chi connectivity index (χ4n) is 4.40. The lowest BCUT2D eigenvalue weighted by Gasteiger charge is -2.32. The van der Waals surface area contributed by atoms with E-state index in [9.17, 15) is 9.59 Å². The molecule has 0 saturated carbocycles. The zero-order valence-corrected chi connectivity index (χ0v) is 21.4. The van der Waals surface area contributed by atoms with Crippen molar-refractivity contribution in [2.75, 3.05) is 46.1 Å². The molecule has 3 N–H and O–H groups in total. The van der Waals surface area contributed by atoms with E-state index in [0.717, 1.165) is 57.3 Å². The van der Waals surface area contributed by atoms with Gasteiger partial charge in [0.05, 0.1) is 30.5 Å². The third-order valence-electron chi connectivity index (χ3n) is 6.59. The fourth-order valence-corrected chi connectivity index (χ4v) is 4.56. The molecule has 0 bridgehead atoms. The van der Waals surface area contributed by atoms with Crippen LogP contribution in [0.4, 0.5) is 5.69 Å². The summed E-state index contributed by atoms with van der Waals surface area (Å²) in [4.78, 5) is 27.5. The highest BCUT2D eigenvalue weighted by Crippen LogP contribution is 2.29. The normalized spacial score (nSPS) is 14.5. The number of Topliss-reactive ketones (excluding diaryl/α,β-unsaturated/α-hetero) is 1. The Labute approximate surface area is 212 Å². The van der Waals surface area contributed by atoms with Gasteiger partial charge >= 0.3 is 0 Å². The van der Waals surface area contributed by atoms with Crippen molar-refractivity contribution >= 4 is 29.0 Å². The number of ether oxygens (including phenoxy) is 2. The summed E-state index contributed by atoms with van der Waals surface area (Å²) in [6.07, 6.45) is 5.70. The largest absolute Gasteiger partial charge is 0.497 e. The first-order valence-corrected chi connectivity index (χ1v) is 12.6. The average molecular weight is 502 g/mol. The highest BCUT2D eigenvalue weighted by Gasteiger charge is 2.21. The number of amides is 1. The van der Waals surface area contributed by atoms with Gasteiger partial charge in [-0.1, -0.05) is 30.2 Å². The molecule has 1 aliphatic rings. The zero-order chi connectivity index (χ0) is 25.2. The van der Waals surface area contributed by atoms with Crippen LogP contribution in [0, 0.1) is 5.92 Å². The van der Waals surface area contributed by atoms with Gasteiger partial charge in [-0.05, 0) is 69.4 Å². The number of methoxy groups -OCH3 is 2. The maximum atomic E-state index is 12.6. The predicted molar refractivity (Wildman–Crippen MR) is 140 cm³/mol. The van der Waals surface area contributed by atoms with Crippen molar-refractivity contribution in [1.29, 1.82) is 0 Å². The van der Waals surface area contributed by atoms with Crippen molar-refractivity contribution in [3.63, 3.8) is 0 Å².